The first-order chi connectivity index (χ1) is 17.5. The summed E-state index contributed by atoms with van der Waals surface area (Å²) < 4.78 is 62.5. The molecule has 0 saturated carbocycles. The van der Waals surface area contributed by atoms with Gasteiger partial charge in [0.25, 0.3) is 0 Å². The van der Waals surface area contributed by atoms with Crippen LogP contribution in [0.25, 0.3) is 0 Å². The first-order valence-corrected chi connectivity index (χ1v) is 12.9. The van der Waals surface area contributed by atoms with Crippen molar-refractivity contribution in [3.8, 4) is 0 Å². The van der Waals surface area contributed by atoms with E-state index < -0.39 is 0 Å². The summed E-state index contributed by atoms with van der Waals surface area (Å²) in [7, 11) is 0. The van der Waals surface area contributed by atoms with Gasteiger partial charge in [-0.15, -0.1) is 0 Å². The van der Waals surface area contributed by atoms with E-state index in [2.05, 4.69) is 0 Å². The maximum atomic E-state index is 6.20. The smallest absolute Gasteiger partial charge is 0.0704 e. The second-order valence-corrected chi connectivity index (χ2v) is 8.01. The van der Waals surface area contributed by atoms with Gasteiger partial charge in [-0.3, -0.25) is 0 Å². The van der Waals surface area contributed by atoms with Gasteiger partial charge in [0.05, 0.1) is 138 Å². The summed E-state index contributed by atoms with van der Waals surface area (Å²) in [5.74, 6) is 0.0332. The summed E-state index contributed by atoms with van der Waals surface area (Å²) in [6.07, 6.45) is 0.628. The molecule has 0 aromatic heterocycles. The van der Waals surface area contributed by atoms with E-state index in [0.29, 0.717) is 139 Å². The Kier molecular flexibility index (Phi) is 21.0. The van der Waals surface area contributed by atoms with Crippen molar-refractivity contribution in [2.45, 2.75) is 12.5 Å². The highest BCUT2D eigenvalue weighted by Crippen LogP contribution is 2.15. The van der Waals surface area contributed by atoms with Crippen LogP contribution in [0.3, 0.4) is 0 Å². The molecule has 35 heavy (non-hydrogen) atoms. The molecule has 0 radical (unpaired) electrons. The summed E-state index contributed by atoms with van der Waals surface area (Å²) in [6.45, 7) is 11.0. The van der Waals surface area contributed by atoms with Crippen LogP contribution in [0.5, 0.6) is 0 Å². The van der Waals surface area contributed by atoms with Crippen molar-refractivity contribution in [1.29, 1.82) is 0 Å². The van der Waals surface area contributed by atoms with Crippen molar-refractivity contribution < 1.29 is 52.1 Å². The van der Waals surface area contributed by atoms with Crippen LogP contribution in [0.1, 0.15) is 6.42 Å². The molecule has 208 valence electrons. The molecule has 11 nitrogen and oxygen atoms in total. The molecule has 2 aliphatic rings. The zero-order valence-electron chi connectivity index (χ0n) is 21.2. The molecule has 2 heterocycles. The first-order valence-electron chi connectivity index (χ1n) is 12.9. The lowest BCUT2D eigenvalue weighted by Gasteiger charge is -2.27. The predicted octanol–water partition coefficient (Wildman–Crippen LogP) is 0.571. The van der Waals surface area contributed by atoms with E-state index >= 15 is 0 Å². The van der Waals surface area contributed by atoms with E-state index in [1.807, 2.05) is 0 Å². The maximum absolute atomic E-state index is 6.20. The molecular weight excluding hydrogens is 464 g/mol. The second kappa shape index (κ2) is 23.9. The Labute approximate surface area is 209 Å². The summed E-state index contributed by atoms with van der Waals surface area (Å²) in [5, 5.41) is 0. The van der Waals surface area contributed by atoms with Gasteiger partial charge in [0, 0.05) is 12.5 Å². The van der Waals surface area contributed by atoms with Crippen LogP contribution in [0.2, 0.25) is 0 Å². The van der Waals surface area contributed by atoms with Crippen LogP contribution in [0.15, 0.2) is 0 Å². The van der Waals surface area contributed by atoms with Gasteiger partial charge in [0.15, 0.2) is 0 Å². The fourth-order valence-electron chi connectivity index (χ4n) is 3.40. The molecule has 0 bridgehead atoms. The third-order valence-corrected chi connectivity index (χ3v) is 5.27. The lowest BCUT2D eigenvalue weighted by molar-refractivity contribution is -0.0904. The predicted molar refractivity (Wildman–Crippen MR) is 126 cm³/mol. The van der Waals surface area contributed by atoms with Gasteiger partial charge in [-0.05, 0) is 6.42 Å². The zero-order valence-corrected chi connectivity index (χ0v) is 21.2. The summed E-state index contributed by atoms with van der Waals surface area (Å²) in [5.41, 5.74) is 0. The number of hydrogen-bond acceptors (Lipinski definition) is 11. The number of ether oxygens (including phenoxy) is 11. The molecule has 0 aromatic rings. The fraction of sp³-hybridized carbons (Fsp3) is 1.00. The van der Waals surface area contributed by atoms with Gasteiger partial charge in [-0.1, -0.05) is 0 Å². The van der Waals surface area contributed by atoms with Crippen LogP contribution < -0.4 is 0 Å². The Bertz CT molecular complexity index is 408. The maximum Gasteiger partial charge on any atom is 0.0704 e. The van der Waals surface area contributed by atoms with Gasteiger partial charge >= 0.3 is 0 Å². The van der Waals surface area contributed by atoms with Crippen LogP contribution in [-0.4, -0.2) is 145 Å². The monoisotopic (exact) mass is 510 g/mol. The lowest BCUT2D eigenvalue weighted by atomic mass is 10.0. The van der Waals surface area contributed by atoms with E-state index in [-0.39, 0.29) is 12.0 Å². The van der Waals surface area contributed by atoms with Gasteiger partial charge in [-0.25, -0.2) is 0 Å². The van der Waals surface area contributed by atoms with Gasteiger partial charge in [0.1, 0.15) is 0 Å². The number of rotatable bonds is 1. The van der Waals surface area contributed by atoms with E-state index in [1.54, 1.807) is 0 Å². The standard InChI is InChI=1S/C24H46O11/c1-2-25-3-4-26-5-6-29-13-14-32-19-20-35-24(1)23-21-33-17-15-30-11-9-27-7-8-28-10-12-31-16-18-34-22-23/h23-24H,1-22H2. The van der Waals surface area contributed by atoms with Crippen LogP contribution in [-0.2, 0) is 52.1 Å². The quantitative estimate of drug-likeness (QED) is 0.495. The average molecular weight is 511 g/mol. The molecule has 1 atom stereocenters. The van der Waals surface area contributed by atoms with E-state index in [0.717, 1.165) is 6.42 Å². The highest BCUT2D eigenvalue weighted by atomic mass is 16.6. The molecule has 2 rings (SSSR count). The van der Waals surface area contributed by atoms with E-state index in [4.69, 9.17) is 52.1 Å². The normalized spacial score (nSPS) is 27.3. The van der Waals surface area contributed by atoms with Crippen molar-refractivity contribution in [2.24, 2.45) is 5.92 Å². The van der Waals surface area contributed by atoms with E-state index in [1.165, 1.54) is 0 Å². The van der Waals surface area contributed by atoms with Gasteiger partial charge < -0.3 is 52.1 Å². The largest absolute Gasteiger partial charge is 0.379 e. The van der Waals surface area contributed by atoms with Gasteiger partial charge in [-0.2, -0.15) is 0 Å². The van der Waals surface area contributed by atoms with Crippen molar-refractivity contribution >= 4 is 0 Å². The van der Waals surface area contributed by atoms with Crippen molar-refractivity contribution in [3.63, 3.8) is 0 Å². The van der Waals surface area contributed by atoms with Crippen LogP contribution >= 0.6 is 0 Å². The molecular formula is C24H46O11. The summed E-state index contributed by atoms with van der Waals surface area (Å²) >= 11 is 0. The first kappa shape index (κ1) is 30.8. The van der Waals surface area contributed by atoms with Crippen molar-refractivity contribution in [1.82, 2.24) is 0 Å². The van der Waals surface area contributed by atoms with Gasteiger partial charge in [0.2, 0.25) is 0 Å². The molecule has 11 heteroatoms. The highest BCUT2D eigenvalue weighted by Gasteiger charge is 2.23. The van der Waals surface area contributed by atoms with E-state index in [9.17, 15) is 0 Å². The molecule has 0 aromatic carbocycles. The molecule has 0 aliphatic carbocycles. The molecule has 0 amide bonds. The zero-order chi connectivity index (χ0) is 24.5. The second-order valence-electron chi connectivity index (χ2n) is 8.01. The summed E-state index contributed by atoms with van der Waals surface area (Å²) in [6, 6.07) is 0. The minimum atomic E-state index is -0.0959. The third-order valence-electron chi connectivity index (χ3n) is 5.27. The Hall–Kier alpha value is -0.440. The summed E-state index contributed by atoms with van der Waals surface area (Å²) in [4.78, 5) is 0. The molecule has 0 N–H and O–H groups in total. The Morgan fingerprint density at radius 1 is 0.286 bits per heavy atom. The van der Waals surface area contributed by atoms with Crippen molar-refractivity contribution in [2.75, 3.05) is 139 Å². The fourth-order valence-corrected chi connectivity index (χ4v) is 3.40. The minimum Gasteiger partial charge on any atom is -0.379 e. The topological polar surface area (TPSA) is 102 Å². The SMILES string of the molecule is C1COCCOCCOCC(C2CCOCCOCCOCCOCCO2)COCCOCCO1. The Morgan fingerprint density at radius 2 is 0.571 bits per heavy atom. The van der Waals surface area contributed by atoms with Crippen LogP contribution in [0, 0.1) is 5.92 Å². The molecule has 1 unspecified atom stereocenters. The lowest BCUT2D eigenvalue weighted by Crippen LogP contribution is -2.35. The molecule has 2 aliphatic heterocycles. The average Bonchev–Trinajstić information content (AvgIpc) is 2.86. The van der Waals surface area contributed by atoms with Crippen molar-refractivity contribution in [3.05, 3.63) is 0 Å². The molecule has 2 fully saturated rings. The Morgan fingerprint density at radius 3 is 0.943 bits per heavy atom. The van der Waals surface area contributed by atoms with Crippen LogP contribution in [0.4, 0.5) is 0 Å². The molecule has 2 saturated heterocycles. The third kappa shape index (κ3) is 18.5. The minimum absolute atomic E-state index is 0.0332. The highest BCUT2D eigenvalue weighted by molar-refractivity contribution is 4.71. The Balaban J connectivity index is 1.83. The molecule has 0 spiro atoms. The number of hydrogen-bond donors (Lipinski definition) is 0.